The molecule has 2 aliphatic heterocycles. The molecule has 0 spiro atoms. The van der Waals surface area contributed by atoms with E-state index in [-0.39, 0.29) is 24.4 Å². The Morgan fingerprint density at radius 3 is 1.33 bits per heavy atom. The molecule has 468 valence electrons. The van der Waals surface area contributed by atoms with Gasteiger partial charge in [0.1, 0.15) is 30.5 Å². The number of hydrogen-bond acceptors (Lipinski definition) is 16. The minimum atomic E-state index is -5.32. The van der Waals surface area contributed by atoms with Crippen molar-refractivity contribution < 1.29 is 81.1 Å². The Morgan fingerprint density at radius 2 is 0.886 bits per heavy atom. The second kappa shape index (κ2) is 43.1. The Labute approximate surface area is 478 Å². The summed E-state index contributed by atoms with van der Waals surface area (Å²) in [6.45, 7) is 13.1. The third-order valence-corrected chi connectivity index (χ3v) is 16.9. The normalized spacial score (nSPS) is 26.1. The number of aliphatic hydroxyl groups excluding tert-OH is 6. The maximum absolute atomic E-state index is 14.0. The molecule has 0 amide bonds. The second-order valence-electron chi connectivity index (χ2n) is 24.3. The molecule has 0 saturated carbocycles. The Balaban J connectivity index is 2.01. The molecule has 0 aromatic heterocycles. The molecule has 5 unspecified atom stereocenters. The van der Waals surface area contributed by atoms with Crippen LogP contribution < -0.4 is 0 Å². The monoisotopic (exact) mass is 1150 g/mol. The number of esters is 2. The highest BCUT2D eigenvalue weighted by Crippen LogP contribution is 2.35. The Morgan fingerprint density at radius 1 is 0.494 bits per heavy atom. The molecule has 0 aromatic rings. The molecule has 0 aliphatic carbocycles. The molecule has 2 saturated heterocycles. The minimum absolute atomic E-state index is 0.0582. The van der Waals surface area contributed by atoms with Crippen LogP contribution in [-0.2, 0) is 47.9 Å². The number of unbranched alkanes of at least 4 members (excludes halogenated alkanes) is 26. The number of carbonyl (C=O) groups excluding carboxylic acids is 2. The highest BCUT2D eigenvalue weighted by Gasteiger charge is 2.54. The zero-order chi connectivity index (χ0) is 58.6. The molecule has 2 rings (SSSR count). The molecule has 2 heterocycles. The van der Waals surface area contributed by atoms with Crippen molar-refractivity contribution in [2.24, 2.45) is 29.6 Å². The van der Waals surface area contributed by atoms with Crippen molar-refractivity contribution in [2.45, 2.75) is 334 Å². The van der Waals surface area contributed by atoms with Gasteiger partial charge in [-0.15, -0.1) is 0 Å². The molecule has 2 fully saturated rings. The first-order chi connectivity index (χ1) is 37.8. The number of aliphatic hydroxyl groups is 6. The van der Waals surface area contributed by atoms with E-state index in [1.807, 2.05) is 0 Å². The molecule has 0 bridgehead atoms. The molecule has 79 heavy (non-hydrogen) atoms. The zero-order valence-electron chi connectivity index (χ0n) is 50.3. The lowest BCUT2D eigenvalue weighted by Gasteiger charge is -2.46. The first-order valence-electron chi connectivity index (χ1n) is 31.7. The van der Waals surface area contributed by atoms with Gasteiger partial charge >= 0.3 is 22.3 Å². The number of hydrogen-bond donors (Lipinski definition) is 7. The third kappa shape index (κ3) is 31.8. The molecule has 17 nitrogen and oxygen atoms in total. The van der Waals surface area contributed by atoms with Gasteiger partial charge in [0.25, 0.3) is 0 Å². The molecule has 0 radical (unpaired) electrons. The maximum Gasteiger partial charge on any atom is 0.397 e. The fourth-order valence-electron chi connectivity index (χ4n) is 11.9. The van der Waals surface area contributed by atoms with Gasteiger partial charge in [-0.05, 0) is 62.2 Å². The van der Waals surface area contributed by atoms with E-state index in [1.165, 1.54) is 128 Å². The average molecular weight is 1150 g/mol. The fourth-order valence-corrected chi connectivity index (χ4v) is 12.3. The highest BCUT2D eigenvalue weighted by atomic mass is 32.3. The Hall–Kier alpha value is -1.55. The van der Waals surface area contributed by atoms with Gasteiger partial charge in [-0.1, -0.05) is 222 Å². The van der Waals surface area contributed by atoms with Gasteiger partial charge in [0, 0.05) is 6.42 Å². The minimum Gasteiger partial charge on any atom is -0.455 e. The summed E-state index contributed by atoms with van der Waals surface area (Å²) in [5, 5.41) is 64.2. The summed E-state index contributed by atoms with van der Waals surface area (Å²) in [5.74, 6) is -1.20. The van der Waals surface area contributed by atoms with Gasteiger partial charge in [-0.25, -0.2) is 4.18 Å². The zero-order valence-corrected chi connectivity index (χ0v) is 51.1. The van der Waals surface area contributed by atoms with Gasteiger partial charge in [-0.2, -0.15) is 8.42 Å². The van der Waals surface area contributed by atoms with Crippen LogP contribution in [0.4, 0.5) is 0 Å². The first kappa shape index (κ1) is 73.6. The van der Waals surface area contributed by atoms with Crippen LogP contribution in [0.1, 0.15) is 267 Å². The molecular weight excluding hydrogens is 1040 g/mol. The Bertz CT molecular complexity index is 1640. The molecule has 0 aromatic carbocycles. The molecule has 7 N–H and O–H groups in total. The average Bonchev–Trinajstić information content (AvgIpc) is 3.45. The van der Waals surface area contributed by atoms with E-state index in [0.29, 0.717) is 24.7 Å². The topological polar surface area (TPSA) is 265 Å². The van der Waals surface area contributed by atoms with E-state index in [1.54, 1.807) is 6.92 Å². The van der Waals surface area contributed by atoms with Crippen LogP contribution in [0, 0.1) is 29.6 Å². The number of ether oxygens (including phenoxy) is 5. The van der Waals surface area contributed by atoms with E-state index in [2.05, 4.69) is 45.7 Å². The first-order valence-corrected chi connectivity index (χ1v) is 33.1. The lowest BCUT2D eigenvalue weighted by molar-refractivity contribution is -0.374. The van der Waals surface area contributed by atoms with Crippen LogP contribution >= 0.6 is 0 Å². The van der Waals surface area contributed by atoms with Crippen LogP contribution in [0.3, 0.4) is 0 Å². The van der Waals surface area contributed by atoms with Crippen molar-refractivity contribution >= 4 is 22.3 Å². The van der Waals surface area contributed by atoms with Crippen LogP contribution in [-0.4, -0.2) is 136 Å². The van der Waals surface area contributed by atoms with Gasteiger partial charge in [0.2, 0.25) is 6.29 Å². The van der Waals surface area contributed by atoms with E-state index in [4.69, 9.17) is 23.7 Å². The lowest BCUT2D eigenvalue weighted by atomic mass is 9.82. The van der Waals surface area contributed by atoms with E-state index >= 15 is 0 Å². The van der Waals surface area contributed by atoms with Crippen molar-refractivity contribution in [3.63, 3.8) is 0 Å². The number of carbonyl (C=O) groups is 2. The van der Waals surface area contributed by atoms with Crippen molar-refractivity contribution in [1.29, 1.82) is 0 Å². The largest absolute Gasteiger partial charge is 0.455 e. The van der Waals surface area contributed by atoms with Crippen LogP contribution in [0.15, 0.2) is 0 Å². The lowest BCUT2D eigenvalue weighted by Crippen LogP contribution is -2.65. The molecule has 2 aliphatic rings. The summed E-state index contributed by atoms with van der Waals surface area (Å²) in [7, 11) is -5.32. The number of rotatable bonds is 48. The van der Waals surface area contributed by atoms with Crippen molar-refractivity contribution in [3.8, 4) is 0 Å². The van der Waals surface area contributed by atoms with Gasteiger partial charge in [0.15, 0.2) is 24.6 Å². The second-order valence-corrected chi connectivity index (χ2v) is 25.4. The van der Waals surface area contributed by atoms with Crippen molar-refractivity contribution in [1.82, 2.24) is 0 Å². The molecule has 18 heteroatoms. The third-order valence-electron chi connectivity index (χ3n) is 16.4. The maximum atomic E-state index is 14.0. The molecular formula is C61H116O17S. The van der Waals surface area contributed by atoms with E-state index in [9.17, 15) is 53.2 Å². The highest BCUT2D eigenvalue weighted by molar-refractivity contribution is 7.80. The molecule has 16 atom stereocenters. The smallest absolute Gasteiger partial charge is 0.397 e. The summed E-state index contributed by atoms with van der Waals surface area (Å²) in [6.07, 6.45) is 19.0. The summed E-state index contributed by atoms with van der Waals surface area (Å²) in [6, 6.07) is 0. The van der Waals surface area contributed by atoms with Gasteiger partial charge < -0.3 is 54.3 Å². The van der Waals surface area contributed by atoms with Crippen LogP contribution in [0.25, 0.3) is 0 Å². The van der Waals surface area contributed by atoms with Gasteiger partial charge in [0.05, 0.1) is 25.2 Å². The van der Waals surface area contributed by atoms with Gasteiger partial charge in [-0.3, -0.25) is 14.1 Å². The summed E-state index contributed by atoms with van der Waals surface area (Å²) in [5.41, 5.74) is 0. The quantitative estimate of drug-likeness (QED) is 0.0170. The standard InChI is InChI=1S/C61H116O17S/c1-8-10-12-14-16-18-20-22-23-25-27-29-31-33-35-37-52(65)75-58-56(54(67)51(43-63)74-61(58)77-60-57(78-79(70,71)72)55(68)53(66)50(42-62)73-60)76-59(69)48(7)41-46(5)39-44(3)38-45(4)40-47(6)49(64)36-34-32-30-28-26-24-21-19-17-15-13-11-9-2/h44-51,53-58,60-64,66-68H,8-43H2,1-7H3,(H,70,71,72)/t44-,45+,46-,47+,48-,49?,50?,51?,53+,54+,55?,56?,57-,58+,60+,61+/m0/s1. The summed E-state index contributed by atoms with van der Waals surface area (Å²) >= 11 is 0. The van der Waals surface area contributed by atoms with Crippen molar-refractivity contribution in [3.05, 3.63) is 0 Å². The summed E-state index contributed by atoms with van der Waals surface area (Å²) in [4.78, 5) is 27.6. The predicted octanol–water partition coefficient (Wildman–Crippen LogP) is 11.4. The van der Waals surface area contributed by atoms with E-state index in [0.717, 1.165) is 70.6 Å². The predicted molar refractivity (Wildman–Crippen MR) is 307 cm³/mol. The van der Waals surface area contributed by atoms with E-state index < -0.39 is 103 Å². The summed E-state index contributed by atoms with van der Waals surface area (Å²) < 4.78 is 67.2. The van der Waals surface area contributed by atoms with Crippen molar-refractivity contribution in [2.75, 3.05) is 13.2 Å². The fraction of sp³-hybridized carbons (Fsp3) is 0.967. The van der Waals surface area contributed by atoms with Crippen LogP contribution in [0.5, 0.6) is 0 Å². The SMILES string of the molecule is CCCCCCCCCCCCCCCCCC(=O)O[C@@H]1C(OC(=O)[C@@H](C)C[C@@H](C)C[C@@H](C)C[C@@H](C)C[C@@H](C)C(O)CCCCCCCCCCCCCCC)[C@H](O)C(CO)O[C@@H]1O[C@H]1OC(CO)[C@@H](O)C(O)[C@@H]1OS(=O)(=O)O. The van der Waals surface area contributed by atoms with Crippen LogP contribution in [0.2, 0.25) is 0 Å². The Kier molecular flexibility index (Phi) is 40.2.